The average molecular weight is 920 g/mol. The van der Waals surface area contributed by atoms with E-state index in [1.54, 1.807) is 0 Å². The van der Waals surface area contributed by atoms with E-state index in [1.807, 2.05) is 33.3 Å². The number of nitrogens with one attached hydrogen (secondary N) is 1. The van der Waals surface area contributed by atoms with Gasteiger partial charge < -0.3 is 19.8 Å². The highest BCUT2D eigenvalue weighted by Gasteiger charge is 2.28. The topological polar surface area (TPSA) is 105 Å². The molecule has 0 aromatic rings. The molecule has 1 amide bonds. The van der Waals surface area contributed by atoms with Gasteiger partial charge in [-0.2, -0.15) is 0 Å². The number of likely N-dealkylation sites (N-methyl/N-ethyl adjacent to an activating group) is 1. The predicted octanol–water partition coefficient (Wildman–Crippen LogP) is 15.8. The summed E-state index contributed by atoms with van der Waals surface area (Å²) >= 11 is 0. The van der Waals surface area contributed by atoms with Crippen LogP contribution in [0.3, 0.4) is 0 Å². The number of unbranched alkanes of at least 4 members (excludes halogenated alkanes) is 26. The molecule has 0 aliphatic rings. The minimum Gasteiger partial charge on any atom is -0.391 e. The molecule has 0 bridgehead atoms. The number of amides is 1. The fourth-order valence-electron chi connectivity index (χ4n) is 7.64. The van der Waals surface area contributed by atoms with Gasteiger partial charge >= 0.3 is 7.82 Å². The van der Waals surface area contributed by atoms with Crippen molar-refractivity contribution in [2.24, 2.45) is 0 Å². The van der Waals surface area contributed by atoms with Crippen LogP contribution in [0.1, 0.15) is 232 Å². The van der Waals surface area contributed by atoms with Crippen molar-refractivity contribution in [1.29, 1.82) is 0 Å². The second-order valence-corrected chi connectivity index (χ2v) is 20.7. The molecule has 0 aliphatic carbocycles. The number of carbonyl (C=O) groups excluding carboxylic acids is 1. The van der Waals surface area contributed by atoms with Crippen molar-refractivity contribution in [1.82, 2.24) is 5.32 Å². The standard InChI is InChI=1S/C55H103N2O6P/c1-6-8-10-12-14-16-18-20-22-23-24-25-26-27-28-29-30-31-32-33-35-36-38-40-42-44-46-48-54(58)53(52-63-64(60,61)62-51-50-57(3,4)5)56-55(59)49-47-45-43-41-39-37-34-21-19-17-15-13-11-9-7-2/h9,11,15,17,21,34,39,41,45,47,53-54,58H,6-8,10,12-14,16,18-20,22-33,35-38,40,42-44,46,48-52H2,1-5H3,(H-,56,59,60,61)/p+1/b11-9-,17-15-,34-21-,41-39-,47-45-. The Morgan fingerprint density at radius 2 is 0.875 bits per heavy atom. The third-order valence-corrected chi connectivity index (χ3v) is 12.8. The first-order valence-electron chi connectivity index (χ1n) is 26.7. The molecule has 0 aliphatic heterocycles. The molecule has 0 spiro atoms. The molecule has 8 nitrogen and oxygen atoms in total. The van der Waals surface area contributed by atoms with E-state index in [1.165, 1.54) is 154 Å². The molecule has 0 aromatic carbocycles. The van der Waals surface area contributed by atoms with Crippen LogP contribution in [0.25, 0.3) is 0 Å². The number of rotatable bonds is 48. The van der Waals surface area contributed by atoms with Gasteiger partial charge in [-0.15, -0.1) is 0 Å². The molecule has 64 heavy (non-hydrogen) atoms. The van der Waals surface area contributed by atoms with Gasteiger partial charge in [0.05, 0.1) is 39.9 Å². The number of hydrogen-bond donors (Lipinski definition) is 3. The summed E-state index contributed by atoms with van der Waals surface area (Å²) in [5.41, 5.74) is 0. The summed E-state index contributed by atoms with van der Waals surface area (Å²) in [5.74, 6) is -0.270. The first-order valence-corrected chi connectivity index (χ1v) is 28.1. The third-order valence-electron chi connectivity index (χ3n) is 11.8. The molecule has 0 aromatic heterocycles. The quantitative estimate of drug-likeness (QED) is 0.0243. The number of carbonyl (C=O) groups is 1. The highest BCUT2D eigenvalue weighted by molar-refractivity contribution is 7.47. The Labute approximate surface area is 396 Å². The first kappa shape index (κ1) is 62.2. The van der Waals surface area contributed by atoms with Crippen molar-refractivity contribution >= 4 is 13.7 Å². The Balaban J connectivity index is 4.22. The summed E-state index contributed by atoms with van der Waals surface area (Å²) < 4.78 is 23.7. The molecule has 0 saturated heterocycles. The molecule has 0 saturated carbocycles. The lowest BCUT2D eigenvalue weighted by atomic mass is 10.0. The molecule has 0 rings (SSSR count). The molecule has 3 unspecified atom stereocenters. The number of quaternary nitrogens is 1. The second kappa shape index (κ2) is 46.3. The fourth-order valence-corrected chi connectivity index (χ4v) is 8.38. The largest absolute Gasteiger partial charge is 0.472 e. The van der Waals surface area contributed by atoms with Crippen molar-refractivity contribution in [3.8, 4) is 0 Å². The normalized spacial score (nSPS) is 14.5. The fraction of sp³-hybridized carbons (Fsp3) is 0.800. The number of nitrogens with zero attached hydrogens (tertiary/aromatic N) is 1. The Morgan fingerprint density at radius 1 is 0.531 bits per heavy atom. The van der Waals surface area contributed by atoms with Crippen molar-refractivity contribution in [2.75, 3.05) is 40.9 Å². The zero-order chi connectivity index (χ0) is 47.1. The van der Waals surface area contributed by atoms with E-state index in [0.717, 1.165) is 51.4 Å². The van der Waals surface area contributed by atoms with Gasteiger partial charge in [-0.3, -0.25) is 13.8 Å². The van der Waals surface area contributed by atoms with Crippen LogP contribution in [0.15, 0.2) is 60.8 Å². The van der Waals surface area contributed by atoms with Crippen LogP contribution in [0.4, 0.5) is 0 Å². The lowest BCUT2D eigenvalue weighted by Crippen LogP contribution is -2.46. The maximum Gasteiger partial charge on any atom is 0.472 e. The van der Waals surface area contributed by atoms with Crippen LogP contribution < -0.4 is 5.32 Å². The van der Waals surface area contributed by atoms with Crippen molar-refractivity contribution in [2.45, 2.75) is 244 Å². The molecule has 0 heterocycles. The van der Waals surface area contributed by atoms with E-state index in [-0.39, 0.29) is 25.5 Å². The van der Waals surface area contributed by atoms with Crippen LogP contribution in [0.2, 0.25) is 0 Å². The monoisotopic (exact) mass is 920 g/mol. The smallest absolute Gasteiger partial charge is 0.391 e. The Morgan fingerprint density at radius 3 is 1.23 bits per heavy atom. The van der Waals surface area contributed by atoms with Crippen LogP contribution in [0.5, 0.6) is 0 Å². The lowest BCUT2D eigenvalue weighted by Gasteiger charge is -2.26. The van der Waals surface area contributed by atoms with Gasteiger partial charge in [0.1, 0.15) is 13.2 Å². The van der Waals surface area contributed by atoms with Crippen molar-refractivity contribution in [3.05, 3.63) is 60.8 Å². The van der Waals surface area contributed by atoms with Crippen LogP contribution >= 0.6 is 7.82 Å². The first-order chi connectivity index (χ1) is 31.0. The molecule has 3 N–H and O–H groups in total. The summed E-state index contributed by atoms with van der Waals surface area (Å²) in [5, 5.41) is 13.9. The molecular formula is C55H104N2O6P+. The summed E-state index contributed by atoms with van der Waals surface area (Å²) in [7, 11) is 1.56. The molecule has 0 radical (unpaired) electrons. The number of aliphatic hydroxyl groups is 1. The van der Waals surface area contributed by atoms with Crippen molar-refractivity contribution < 1.29 is 32.9 Å². The van der Waals surface area contributed by atoms with Crippen molar-refractivity contribution in [3.63, 3.8) is 0 Å². The second-order valence-electron chi connectivity index (χ2n) is 19.2. The highest BCUT2D eigenvalue weighted by Crippen LogP contribution is 2.43. The van der Waals surface area contributed by atoms with Gasteiger partial charge in [-0.25, -0.2) is 4.57 Å². The SMILES string of the molecule is CC/C=C\C/C=C\C/C=C\C/C=C\C/C=C\CC(=O)NC(COP(=O)(O)OCC[N+](C)(C)C)C(O)CCCCCCCCCCCCCCCCCCCCCCCCCCCCC. The minimum absolute atomic E-state index is 0.0561. The van der Waals surface area contributed by atoms with E-state index in [2.05, 4.69) is 67.8 Å². The summed E-state index contributed by atoms with van der Waals surface area (Å²) in [6.45, 7) is 4.71. The maximum atomic E-state index is 12.9. The predicted molar refractivity (Wildman–Crippen MR) is 277 cm³/mol. The van der Waals surface area contributed by atoms with Crippen LogP contribution in [0, 0.1) is 0 Å². The van der Waals surface area contributed by atoms with Gasteiger partial charge in [0.15, 0.2) is 0 Å². The van der Waals surface area contributed by atoms with Gasteiger partial charge in [0, 0.05) is 6.42 Å². The van der Waals surface area contributed by atoms with Gasteiger partial charge in [-0.05, 0) is 38.5 Å². The summed E-state index contributed by atoms with van der Waals surface area (Å²) in [4.78, 5) is 23.2. The van der Waals surface area contributed by atoms with E-state index in [0.29, 0.717) is 17.4 Å². The van der Waals surface area contributed by atoms with Gasteiger partial charge in [-0.1, -0.05) is 248 Å². The van der Waals surface area contributed by atoms with E-state index >= 15 is 0 Å². The molecule has 3 atom stereocenters. The number of allylic oxidation sites excluding steroid dienone is 9. The van der Waals surface area contributed by atoms with Gasteiger partial charge in [0.2, 0.25) is 5.91 Å². The Kier molecular flexibility index (Phi) is 45.0. The number of phosphoric acid groups is 1. The van der Waals surface area contributed by atoms with Crippen LogP contribution in [-0.4, -0.2) is 73.4 Å². The van der Waals surface area contributed by atoms with E-state index < -0.39 is 20.0 Å². The average Bonchev–Trinajstić information content (AvgIpc) is 3.25. The number of phosphoric ester groups is 1. The van der Waals surface area contributed by atoms with Gasteiger partial charge in [0.25, 0.3) is 0 Å². The lowest BCUT2D eigenvalue weighted by molar-refractivity contribution is -0.870. The third kappa shape index (κ3) is 48.1. The summed E-state index contributed by atoms with van der Waals surface area (Å²) in [6, 6.07) is -0.818. The Bertz CT molecular complexity index is 1230. The molecular weight excluding hydrogens is 816 g/mol. The number of aliphatic hydroxyl groups excluding tert-OH is 1. The highest BCUT2D eigenvalue weighted by atomic mass is 31.2. The molecule has 374 valence electrons. The minimum atomic E-state index is -4.35. The number of hydrogen-bond acceptors (Lipinski definition) is 5. The van der Waals surface area contributed by atoms with Crippen LogP contribution in [-0.2, 0) is 18.4 Å². The summed E-state index contributed by atoms with van der Waals surface area (Å²) in [6.07, 6.45) is 61.7. The maximum absolute atomic E-state index is 12.9. The van der Waals surface area contributed by atoms with E-state index in [9.17, 15) is 19.4 Å². The molecule has 9 heteroatoms. The zero-order valence-corrected chi connectivity index (χ0v) is 43.4. The molecule has 0 fully saturated rings. The Hall–Kier alpha value is -1.80. The zero-order valence-electron chi connectivity index (χ0n) is 42.5. The van der Waals surface area contributed by atoms with E-state index in [4.69, 9.17) is 9.05 Å².